The van der Waals surface area contributed by atoms with Crippen LogP contribution in [0.1, 0.15) is 27.0 Å². The maximum absolute atomic E-state index is 13.1. The van der Waals surface area contributed by atoms with Crippen LogP contribution in [0.25, 0.3) is 10.8 Å². The Bertz CT molecular complexity index is 901. The van der Waals surface area contributed by atoms with E-state index in [4.69, 9.17) is 9.47 Å². The molecule has 0 aliphatic heterocycles. The van der Waals surface area contributed by atoms with Gasteiger partial charge in [-0.2, -0.15) is 0 Å². The van der Waals surface area contributed by atoms with Crippen LogP contribution in [0, 0.1) is 13.8 Å². The van der Waals surface area contributed by atoms with Crippen molar-refractivity contribution in [3.8, 4) is 11.5 Å². The van der Waals surface area contributed by atoms with Crippen LogP contribution < -0.4 is 9.47 Å². The monoisotopic (exact) mass is 320 g/mol. The van der Waals surface area contributed by atoms with E-state index in [1.165, 1.54) is 0 Å². The van der Waals surface area contributed by atoms with Crippen molar-refractivity contribution in [2.24, 2.45) is 0 Å². The fraction of sp³-hybridized carbons (Fsp3) is 0.190. The highest BCUT2D eigenvalue weighted by Gasteiger charge is 2.20. The summed E-state index contributed by atoms with van der Waals surface area (Å²) in [5.74, 6) is 1.43. The largest absolute Gasteiger partial charge is 0.496 e. The molecule has 0 bridgehead atoms. The number of benzene rings is 3. The number of hydrogen-bond donors (Lipinski definition) is 0. The normalized spacial score (nSPS) is 10.7. The summed E-state index contributed by atoms with van der Waals surface area (Å²) in [6.07, 6.45) is 0. The molecule has 3 heteroatoms. The van der Waals surface area contributed by atoms with Gasteiger partial charge in [0.05, 0.1) is 19.6 Å². The minimum absolute atomic E-state index is 0.00778. The van der Waals surface area contributed by atoms with Gasteiger partial charge in [-0.1, -0.05) is 36.4 Å². The summed E-state index contributed by atoms with van der Waals surface area (Å²) in [6, 6.07) is 15.2. The van der Waals surface area contributed by atoms with Gasteiger partial charge in [0.1, 0.15) is 11.5 Å². The van der Waals surface area contributed by atoms with E-state index in [1.807, 2.05) is 62.4 Å². The molecule has 0 amide bonds. The van der Waals surface area contributed by atoms with Gasteiger partial charge in [0, 0.05) is 16.5 Å². The zero-order valence-electron chi connectivity index (χ0n) is 14.3. The second-order valence-corrected chi connectivity index (χ2v) is 5.86. The molecule has 0 saturated heterocycles. The van der Waals surface area contributed by atoms with Gasteiger partial charge < -0.3 is 9.47 Å². The van der Waals surface area contributed by atoms with Gasteiger partial charge in [-0.3, -0.25) is 4.79 Å². The Morgan fingerprint density at radius 2 is 1.50 bits per heavy atom. The first-order valence-electron chi connectivity index (χ1n) is 7.82. The van der Waals surface area contributed by atoms with Crippen LogP contribution in [0.15, 0.2) is 48.5 Å². The van der Waals surface area contributed by atoms with Crippen molar-refractivity contribution in [1.82, 2.24) is 0 Å². The van der Waals surface area contributed by atoms with Crippen LogP contribution in [0.2, 0.25) is 0 Å². The summed E-state index contributed by atoms with van der Waals surface area (Å²) >= 11 is 0. The molecule has 0 heterocycles. The van der Waals surface area contributed by atoms with Crippen LogP contribution >= 0.6 is 0 Å². The van der Waals surface area contributed by atoms with Crippen molar-refractivity contribution < 1.29 is 14.3 Å². The second kappa shape index (κ2) is 6.36. The molecule has 0 radical (unpaired) electrons. The predicted octanol–water partition coefficient (Wildman–Crippen LogP) is 4.70. The third-order valence-electron chi connectivity index (χ3n) is 4.21. The van der Waals surface area contributed by atoms with Crippen molar-refractivity contribution in [2.45, 2.75) is 13.8 Å². The quantitative estimate of drug-likeness (QED) is 0.653. The van der Waals surface area contributed by atoms with E-state index < -0.39 is 0 Å². The fourth-order valence-electron chi connectivity index (χ4n) is 3.12. The Morgan fingerprint density at radius 3 is 2.12 bits per heavy atom. The van der Waals surface area contributed by atoms with Crippen molar-refractivity contribution in [3.05, 3.63) is 70.8 Å². The van der Waals surface area contributed by atoms with Gasteiger partial charge in [0.15, 0.2) is 5.78 Å². The number of rotatable bonds is 4. The minimum atomic E-state index is 0.00778. The van der Waals surface area contributed by atoms with Crippen LogP contribution in [-0.2, 0) is 0 Å². The van der Waals surface area contributed by atoms with Crippen molar-refractivity contribution in [1.29, 1.82) is 0 Å². The number of methoxy groups -OCH3 is 2. The maximum atomic E-state index is 13.1. The molecule has 0 atom stereocenters. The van der Waals surface area contributed by atoms with Gasteiger partial charge in [0.25, 0.3) is 0 Å². The van der Waals surface area contributed by atoms with Crippen LogP contribution in [0.4, 0.5) is 0 Å². The van der Waals surface area contributed by atoms with Gasteiger partial charge in [-0.15, -0.1) is 0 Å². The Labute approximate surface area is 141 Å². The molecule has 3 rings (SSSR count). The minimum Gasteiger partial charge on any atom is -0.496 e. The topological polar surface area (TPSA) is 35.5 Å². The molecule has 122 valence electrons. The van der Waals surface area contributed by atoms with E-state index in [2.05, 4.69) is 0 Å². The number of ether oxygens (including phenoxy) is 2. The van der Waals surface area contributed by atoms with Crippen LogP contribution in [0.5, 0.6) is 11.5 Å². The SMILES string of the molecule is COc1cc(C)cc2c(C(=O)c3ccccc3)c(C)cc(OC)c12. The predicted molar refractivity (Wildman–Crippen MR) is 96.4 cm³/mol. The molecule has 0 aromatic heterocycles. The highest BCUT2D eigenvalue weighted by molar-refractivity contribution is 6.19. The molecular formula is C21H20O3. The number of ketones is 1. The Balaban J connectivity index is 2.38. The zero-order chi connectivity index (χ0) is 17.3. The van der Waals surface area contributed by atoms with E-state index in [9.17, 15) is 4.79 Å². The Kier molecular flexibility index (Phi) is 4.26. The van der Waals surface area contributed by atoms with Gasteiger partial charge in [-0.05, 0) is 37.1 Å². The molecule has 0 aliphatic rings. The number of hydrogen-bond acceptors (Lipinski definition) is 3. The molecule has 3 nitrogen and oxygen atoms in total. The lowest BCUT2D eigenvalue weighted by molar-refractivity contribution is 0.103. The van der Waals surface area contributed by atoms with E-state index in [-0.39, 0.29) is 5.78 Å². The summed E-state index contributed by atoms with van der Waals surface area (Å²) in [6.45, 7) is 3.93. The summed E-state index contributed by atoms with van der Waals surface area (Å²) < 4.78 is 11.1. The standard InChI is InChI=1S/C21H20O3/c1-13-10-16-19(21(22)15-8-6-5-7-9-15)14(2)12-18(24-4)20(16)17(11-13)23-3/h5-12H,1-4H3. The van der Waals surface area contributed by atoms with E-state index in [0.29, 0.717) is 22.6 Å². The second-order valence-electron chi connectivity index (χ2n) is 5.86. The van der Waals surface area contributed by atoms with Gasteiger partial charge >= 0.3 is 0 Å². The molecular weight excluding hydrogens is 300 g/mol. The highest BCUT2D eigenvalue weighted by atomic mass is 16.5. The van der Waals surface area contributed by atoms with Crippen LogP contribution in [-0.4, -0.2) is 20.0 Å². The molecule has 0 N–H and O–H groups in total. The first-order valence-corrected chi connectivity index (χ1v) is 7.82. The average Bonchev–Trinajstić information content (AvgIpc) is 2.60. The van der Waals surface area contributed by atoms with E-state index >= 15 is 0 Å². The first kappa shape index (κ1) is 16.1. The number of carbonyl (C=O) groups excluding carboxylic acids is 1. The molecule has 0 fully saturated rings. The Hall–Kier alpha value is -2.81. The smallest absolute Gasteiger partial charge is 0.193 e. The van der Waals surface area contributed by atoms with Crippen molar-refractivity contribution in [3.63, 3.8) is 0 Å². The van der Waals surface area contributed by atoms with Gasteiger partial charge in [-0.25, -0.2) is 0 Å². The summed E-state index contributed by atoms with van der Waals surface area (Å²) in [5.41, 5.74) is 3.29. The Morgan fingerprint density at radius 1 is 0.875 bits per heavy atom. The van der Waals surface area contributed by atoms with Crippen molar-refractivity contribution in [2.75, 3.05) is 14.2 Å². The summed E-state index contributed by atoms with van der Waals surface area (Å²) in [5, 5.41) is 1.69. The van der Waals surface area contributed by atoms with Crippen LogP contribution in [0.3, 0.4) is 0 Å². The van der Waals surface area contributed by atoms with E-state index in [1.54, 1.807) is 14.2 Å². The highest BCUT2D eigenvalue weighted by Crippen LogP contribution is 2.39. The molecule has 0 saturated carbocycles. The number of fused-ring (bicyclic) bond motifs is 1. The van der Waals surface area contributed by atoms with Gasteiger partial charge in [0.2, 0.25) is 0 Å². The molecule has 0 spiro atoms. The van der Waals surface area contributed by atoms with Crippen molar-refractivity contribution >= 4 is 16.6 Å². The third-order valence-corrected chi connectivity index (χ3v) is 4.21. The summed E-state index contributed by atoms with van der Waals surface area (Å²) in [4.78, 5) is 13.1. The summed E-state index contributed by atoms with van der Waals surface area (Å²) in [7, 11) is 3.26. The molecule has 0 unspecified atom stereocenters. The zero-order valence-corrected chi connectivity index (χ0v) is 14.3. The third kappa shape index (κ3) is 2.62. The molecule has 3 aromatic rings. The maximum Gasteiger partial charge on any atom is 0.193 e. The fourth-order valence-corrected chi connectivity index (χ4v) is 3.12. The lowest BCUT2D eigenvalue weighted by Gasteiger charge is -2.16. The molecule has 3 aromatic carbocycles. The first-order chi connectivity index (χ1) is 11.6. The molecule has 0 aliphatic carbocycles. The lowest BCUT2D eigenvalue weighted by Crippen LogP contribution is -2.06. The number of carbonyl (C=O) groups is 1. The lowest BCUT2D eigenvalue weighted by atomic mass is 9.91. The van der Waals surface area contributed by atoms with E-state index in [0.717, 1.165) is 21.9 Å². The average molecular weight is 320 g/mol. The number of aryl methyl sites for hydroxylation is 2. The molecule has 24 heavy (non-hydrogen) atoms.